The normalized spacial score (nSPS) is 11.5. The van der Waals surface area contributed by atoms with E-state index in [-0.39, 0.29) is 13.1 Å². The van der Waals surface area contributed by atoms with E-state index >= 15 is 0 Å². The van der Waals surface area contributed by atoms with E-state index in [4.69, 9.17) is 10.5 Å². The van der Waals surface area contributed by atoms with Crippen LogP contribution in [-0.4, -0.2) is 23.9 Å². The van der Waals surface area contributed by atoms with E-state index in [9.17, 15) is 18.0 Å². The molecule has 0 heterocycles. The van der Waals surface area contributed by atoms with Gasteiger partial charge >= 0.3 is 6.18 Å². The molecule has 4 nitrogen and oxygen atoms in total. The number of nitriles is 2. The minimum Gasteiger partial charge on any atom is -0.313 e. The predicted octanol–water partition coefficient (Wildman–Crippen LogP) is 2.98. The molecule has 0 spiro atoms. The van der Waals surface area contributed by atoms with Gasteiger partial charge in [-0.2, -0.15) is 23.7 Å². The van der Waals surface area contributed by atoms with Crippen LogP contribution in [-0.2, 0) is 11.0 Å². The molecule has 0 saturated heterocycles. The molecule has 1 rings (SSSR count). The summed E-state index contributed by atoms with van der Waals surface area (Å²) in [4.78, 5) is 12.9. The van der Waals surface area contributed by atoms with Crippen molar-refractivity contribution in [3.05, 3.63) is 41.5 Å². The van der Waals surface area contributed by atoms with Crippen molar-refractivity contribution in [2.24, 2.45) is 0 Å². The summed E-state index contributed by atoms with van der Waals surface area (Å²) in [6.07, 6.45) is -3.22. The van der Waals surface area contributed by atoms with Gasteiger partial charge in [-0.25, -0.2) is 0 Å². The molecule has 1 amide bonds. The van der Waals surface area contributed by atoms with Gasteiger partial charge in [0.25, 0.3) is 0 Å². The molecule has 0 saturated carbocycles. The Hall–Kier alpha value is -2.80. The molecule has 0 aliphatic rings. The Bertz CT molecular complexity index is 633. The third-order valence-electron chi connectivity index (χ3n) is 2.84. The molecular formula is C15H12F3N3O. The van der Waals surface area contributed by atoms with Gasteiger partial charge in [-0.3, -0.25) is 4.79 Å². The highest BCUT2D eigenvalue weighted by atomic mass is 19.4. The first-order valence-electron chi connectivity index (χ1n) is 6.18. The fourth-order valence-corrected chi connectivity index (χ4v) is 1.66. The number of hydrogen-bond donors (Lipinski definition) is 0. The third-order valence-corrected chi connectivity index (χ3v) is 2.84. The van der Waals surface area contributed by atoms with Crippen LogP contribution in [0.2, 0.25) is 0 Å². The van der Waals surface area contributed by atoms with Gasteiger partial charge in [-0.1, -0.05) is 12.1 Å². The van der Waals surface area contributed by atoms with E-state index in [2.05, 4.69) is 0 Å². The van der Waals surface area contributed by atoms with E-state index in [0.29, 0.717) is 11.1 Å². The third kappa shape index (κ3) is 4.64. The van der Waals surface area contributed by atoms with Crippen molar-refractivity contribution in [3.8, 4) is 12.1 Å². The Balaban J connectivity index is 2.95. The van der Waals surface area contributed by atoms with Crippen LogP contribution < -0.4 is 0 Å². The highest BCUT2D eigenvalue weighted by molar-refractivity contribution is 5.95. The predicted molar refractivity (Wildman–Crippen MR) is 72.9 cm³/mol. The molecule has 1 aromatic carbocycles. The van der Waals surface area contributed by atoms with Crippen molar-refractivity contribution in [2.75, 3.05) is 13.1 Å². The lowest BCUT2D eigenvalue weighted by Crippen LogP contribution is -2.30. The second-order valence-electron chi connectivity index (χ2n) is 4.41. The molecule has 114 valence electrons. The summed E-state index contributed by atoms with van der Waals surface area (Å²) in [5.41, 5.74) is 0.126. The largest absolute Gasteiger partial charge is 0.416 e. The van der Waals surface area contributed by atoms with Gasteiger partial charge in [-0.05, 0) is 30.2 Å². The molecule has 0 unspecified atom stereocenters. The maximum atomic E-state index is 12.5. The minimum atomic E-state index is -4.41. The summed E-state index contributed by atoms with van der Waals surface area (Å²) in [5, 5.41) is 17.2. The number of nitrogens with zero attached hydrogens (tertiary/aromatic N) is 3. The van der Waals surface area contributed by atoms with Crippen LogP contribution in [0.25, 0.3) is 5.57 Å². The van der Waals surface area contributed by atoms with Crippen molar-refractivity contribution >= 4 is 11.5 Å². The second kappa shape index (κ2) is 7.28. The molecule has 0 fully saturated rings. The highest BCUT2D eigenvalue weighted by Gasteiger charge is 2.29. The average molecular weight is 307 g/mol. The van der Waals surface area contributed by atoms with Gasteiger partial charge in [-0.15, -0.1) is 0 Å². The zero-order chi connectivity index (χ0) is 16.8. The van der Waals surface area contributed by atoms with Gasteiger partial charge in [0.1, 0.15) is 13.1 Å². The van der Waals surface area contributed by atoms with E-state index in [1.54, 1.807) is 19.1 Å². The summed E-state index contributed by atoms with van der Waals surface area (Å²) in [7, 11) is 0. The van der Waals surface area contributed by atoms with Gasteiger partial charge < -0.3 is 4.90 Å². The van der Waals surface area contributed by atoms with Crippen LogP contribution in [0.4, 0.5) is 13.2 Å². The first-order valence-corrected chi connectivity index (χ1v) is 6.18. The fourth-order valence-electron chi connectivity index (χ4n) is 1.66. The number of alkyl halides is 3. The molecule has 0 aliphatic heterocycles. The van der Waals surface area contributed by atoms with E-state index in [0.717, 1.165) is 17.0 Å². The lowest BCUT2D eigenvalue weighted by Gasteiger charge is -2.14. The monoisotopic (exact) mass is 307 g/mol. The highest BCUT2D eigenvalue weighted by Crippen LogP contribution is 2.30. The minimum absolute atomic E-state index is 0.233. The summed E-state index contributed by atoms with van der Waals surface area (Å²) in [5.74, 6) is -0.541. The lowest BCUT2D eigenvalue weighted by atomic mass is 10.0. The van der Waals surface area contributed by atoms with Crippen molar-refractivity contribution in [1.29, 1.82) is 10.5 Å². The Morgan fingerprint density at radius 1 is 1.18 bits per heavy atom. The van der Waals surface area contributed by atoms with E-state index in [1.165, 1.54) is 18.2 Å². The Labute approximate surface area is 125 Å². The van der Waals surface area contributed by atoms with Crippen molar-refractivity contribution in [2.45, 2.75) is 13.1 Å². The van der Waals surface area contributed by atoms with Crippen LogP contribution in [0.3, 0.4) is 0 Å². The van der Waals surface area contributed by atoms with Gasteiger partial charge in [0.15, 0.2) is 0 Å². The number of carbonyl (C=O) groups excluding carboxylic acids is 1. The first kappa shape index (κ1) is 17.3. The topological polar surface area (TPSA) is 67.9 Å². The maximum absolute atomic E-state index is 12.5. The molecule has 0 atom stereocenters. The van der Waals surface area contributed by atoms with Crippen LogP contribution in [0, 0.1) is 22.7 Å². The smallest absolute Gasteiger partial charge is 0.313 e. The number of amides is 1. The van der Waals surface area contributed by atoms with E-state index < -0.39 is 17.6 Å². The standard InChI is InChI=1S/C15H12F3N3O/c1-11(10-14(22)21(8-6-19)9-7-20)12-2-4-13(5-3-12)15(16,17)18/h2-5,10H,8-9H2,1H3/b11-10-. The van der Waals surface area contributed by atoms with Crippen molar-refractivity contribution < 1.29 is 18.0 Å². The lowest BCUT2D eigenvalue weighted by molar-refractivity contribution is -0.137. The molecule has 0 radical (unpaired) electrons. The quantitative estimate of drug-likeness (QED) is 0.634. The van der Waals surface area contributed by atoms with E-state index in [1.807, 2.05) is 0 Å². The van der Waals surface area contributed by atoms with Crippen LogP contribution >= 0.6 is 0 Å². The Morgan fingerprint density at radius 2 is 1.68 bits per heavy atom. The maximum Gasteiger partial charge on any atom is 0.416 e. The molecule has 0 aliphatic carbocycles. The van der Waals surface area contributed by atoms with Crippen molar-refractivity contribution in [3.63, 3.8) is 0 Å². The first-order chi connectivity index (χ1) is 10.3. The molecule has 0 N–H and O–H groups in total. The molecule has 0 aromatic heterocycles. The van der Waals surface area contributed by atoms with Gasteiger partial charge in [0.2, 0.25) is 5.91 Å². The number of hydrogen-bond acceptors (Lipinski definition) is 3. The average Bonchev–Trinajstić information content (AvgIpc) is 2.46. The SMILES string of the molecule is C/C(=C/C(=O)N(CC#N)CC#N)c1ccc(C(F)(F)F)cc1. The van der Waals surface area contributed by atoms with Gasteiger partial charge in [0.05, 0.1) is 17.7 Å². The van der Waals surface area contributed by atoms with Crippen molar-refractivity contribution in [1.82, 2.24) is 4.90 Å². The Morgan fingerprint density at radius 3 is 2.09 bits per heavy atom. The molecule has 1 aromatic rings. The number of rotatable bonds is 4. The zero-order valence-corrected chi connectivity index (χ0v) is 11.7. The second-order valence-corrected chi connectivity index (χ2v) is 4.41. The van der Waals surface area contributed by atoms with Gasteiger partial charge in [0, 0.05) is 6.08 Å². The summed E-state index contributed by atoms with van der Waals surface area (Å²) in [6.45, 7) is 1.10. The molecule has 22 heavy (non-hydrogen) atoms. The van der Waals surface area contributed by atoms with Crippen LogP contribution in [0.1, 0.15) is 18.1 Å². The summed E-state index contributed by atoms with van der Waals surface area (Å²) >= 11 is 0. The summed E-state index contributed by atoms with van der Waals surface area (Å²) < 4.78 is 37.4. The molecular weight excluding hydrogens is 295 g/mol. The number of halogens is 3. The Kier molecular flexibility index (Phi) is 5.71. The number of allylic oxidation sites excluding steroid dienone is 1. The molecule has 0 bridgehead atoms. The summed E-state index contributed by atoms with van der Waals surface area (Å²) in [6, 6.07) is 7.93. The van der Waals surface area contributed by atoms with Crippen LogP contribution in [0.5, 0.6) is 0 Å². The molecule has 7 heteroatoms. The van der Waals surface area contributed by atoms with Crippen LogP contribution in [0.15, 0.2) is 30.3 Å². The fraction of sp³-hybridized carbons (Fsp3) is 0.267. The number of carbonyl (C=O) groups is 1. The zero-order valence-electron chi connectivity index (χ0n) is 11.7. The number of benzene rings is 1.